The van der Waals surface area contributed by atoms with Crippen LogP contribution in [0.15, 0.2) is 36.5 Å². The Hall–Kier alpha value is -2.55. The highest BCUT2D eigenvalue weighted by Gasteiger charge is 2.14. The van der Waals surface area contributed by atoms with Crippen molar-refractivity contribution in [2.45, 2.75) is 0 Å². The number of hydrogen-bond donors (Lipinski definition) is 2. The Morgan fingerprint density at radius 2 is 1.82 bits per heavy atom. The molecule has 0 spiro atoms. The number of nitrogens with zero attached hydrogens (tertiary/aromatic N) is 2. The van der Waals surface area contributed by atoms with E-state index in [-0.39, 0.29) is 12.5 Å². The highest BCUT2D eigenvalue weighted by atomic mass is 35.5. The number of urea groups is 1. The summed E-state index contributed by atoms with van der Waals surface area (Å²) < 4.78 is 10.2. The molecule has 1 heterocycles. The van der Waals surface area contributed by atoms with Crippen LogP contribution in [0.25, 0.3) is 0 Å². The first-order valence-corrected chi connectivity index (χ1v) is 8.99. The molecule has 0 saturated carbocycles. The molecule has 28 heavy (non-hydrogen) atoms. The van der Waals surface area contributed by atoms with Crippen molar-refractivity contribution in [1.29, 1.82) is 0 Å². The fraction of sp³-hybridized carbons (Fsp3) is 0.278. The van der Waals surface area contributed by atoms with Crippen LogP contribution in [-0.4, -0.2) is 55.7 Å². The Bertz CT molecular complexity index is 818. The number of rotatable bonds is 8. The van der Waals surface area contributed by atoms with E-state index in [1.165, 1.54) is 24.2 Å². The number of benzene rings is 1. The normalized spacial score (nSPS) is 10.3. The Morgan fingerprint density at radius 3 is 2.46 bits per heavy atom. The van der Waals surface area contributed by atoms with Crippen LogP contribution < -0.4 is 15.4 Å². The van der Waals surface area contributed by atoms with Gasteiger partial charge >= 0.3 is 6.03 Å². The molecule has 0 bridgehead atoms. The average Bonchev–Trinajstić information content (AvgIpc) is 2.66. The standard InChI is InChI=1S/C18H20Cl2N4O4/c1-24(11-16(25)22-12-3-5-14(19)15(20)9-12)18(26)23-13-4-6-17(21-10-13)28-8-7-27-2/h3-6,9-10H,7-8,11H2,1-2H3,(H,22,25)(H,23,26). The van der Waals surface area contributed by atoms with Gasteiger partial charge in [0.1, 0.15) is 13.2 Å². The fourth-order valence-corrected chi connectivity index (χ4v) is 2.35. The molecule has 150 valence electrons. The number of ether oxygens (including phenoxy) is 2. The van der Waals surface area contributed by atoms with E-state index >= 15 is 0 Å². The van der Waals surface area contributed by atoms with E-state index in [1.807, 2.05) is 0 Å². The molecule has 2 N–H and O–H groups in total. The number of likely N-dealkylation sites (N-methyl/N-ethyl adjacent to an activating group) is 1. The fourth-order valence-electron chi connectivity index (χ4n) is 2.05. The lowest BCUT2D eigenvalue weighted by Gasteiger charge is -2.17. The molecule has 1 aromatic heterocycles. The number of anilines is 2. The van der Waals surface area contributed by atoms with E-state index in [1.54, 1.807) is 31.4 Å². The second-order valence-electron chi connectivity index (χ2n) is 5.69. The minimum Gasteiger partial charge on any atom is -0.475 e. The van der Waals surface area contributed by atoms with Crippen LogP contribution in [0.3, 0.4) is 0 Å². The molecule has 0 aliphatic carbocycles. The van der Waals surface area contributed by atoms with Crippen LogP contribution in [-0.2, 0) is 9.53 Å². The van der Waals surface area contributed by atoms with Crippen molar-refractivity contribution >= 4 is 46.5 Å². The van der Waals surface area contributed by atoms with Crippen LogP contribution in [0.2, 0.25) is 10.0 Å². The maximum absolute atomic E-state index is 12.2. The minimum absolute atomic E-state index is 0.155. The van der Waals surface area contributed by atoms with Gasteiger partial charge in [0.15, 0.2) is 0 Å². The number of hydrogen-bond acceptors (Lipinski definition) is 5. The smallest absolute Gasteiger partial charge is 0.322 e. The molecule has 0 fully saturated rings. The highest BCUT2D eigenvalue weighted by molar-refractivity contribution is 6.42. The molecule has 2 aromatic rings. The first-order valence-electron chi connectivity index (χ1n) is 8.24. The van der Waals surface area contributed by atoms with Gasteiger partial charge in [-0.3, -0.25) is 4.79 Å². The van der Waals surface area contributed by atoms with Crippen LogP contribution in [0.4, 0.5) is 16.2 Å². The molecule has 0 unspecified atom stereocenters. The van der Waals surface area contributed by atoms with E-state index in [0.717, 1.165) is 0 Å². The van der Waals surface area contributed by atoms with Gasteiger partial charge in [0.2, 0.25) is 11.8 Å². The third-order valence-electron chi connectivity index (χ3n) is 3.46. The molecule has 0 atom stereocenters. The molecule has 0 aliphatic heterocycles. The Kier molecular flexibility index (Phi) is 8.31. The molecule has 10 heteroatoms. The van der Waals surface area contributed by atoms with Gasteiger partial charge in [0.05, 0.1) is 28.5 Å². The van der Waals surface area contributed by atoms with Crippen molar-refractivity contribution in [3.8, 4) is 5.88 Å². The minimum atomic E-state index is -0.459. The SMILES string of the molecule is COCCOc1ccc(NC(=O)N(C)CC(=O)Nc2ccc(Cl)c(Cl)c2)cn1. The van der Waals surface area contributed by atoms with Crippen molar-refractivity contribution in [1.82, 2.24) is 9.88 Å². The number of halogens is 2. The van der Waals surface area contributed by atoms with Crippen LogP contribution in [0.5, 0.6) is 5.88 Å². The van der Waals surface area contributed by atoms with E-state index in [2.05, 4.69) is 15.6 Å². The maximum Gasteiger partial charge on any atom is 0.322 e. The summed E-state index contributed by atoms with van der Waals surface area (Å²) in [5.74, 6) is 0.0421. The Labute approximate surface area is 172 Å². The first kappa shape index (κ1) is 21.7. The Balaban J connectivity index is 1.82. The van der Waals surface area contributed by atoms with Gasteiger partial charge in [0, 0.05) is 25.9 Å². The summed E-state index contributed by atoms with van der Waals surface area (Å²) >= 11 is 11.7. The Morgan fingerprint density at radius 1 is 1.07 bits per heavy atom. The van der Waals surface area contributed by atoms with E-state index in [4.69, 9.17) is 32.7 Å². The predicted octanol–water partition coefficient (Wildman–Crippen LogP) is 3.52. The number of carbonyl (C=O) groups excluding carboxylic acids is 2. The number of pyridine rings is 1. The number of aromatic nitrogens is 1. The van der Waals surface area contributed by atoms with Crippen LogP contribution >= 0.6 is 23.2 Å². The number of amides is 3. The van der Waals surface area contributed by atoms with Crippen molar-refractivity contribution in [2.75, 3.05) is 44.5 Å². The summed E-state index contributed by atoms with van der Waals surface area (Å²) in [6, 6.07) is 7.54. The molecule has 8 nitrogen and oxygen atoms in total. The lowest BCUT2D eigenvalue weighted by Crippen LogP contribution is -2.37. The lowest BCUT2D eigenvalue weighted by molar-refractivity contribution is -0.116. The molecule has 0 radical (unpaired) electrons. The van der Waals surface area contributed by atoms with Crippen molar-refractivity contribution < 1.29 is 19.1 Å². The zero-order chi connectivity index (χ0) is 20.5. The van der Waals surface area contributed by atoms with Crippen molar-refractivity contribution in [3.05, 3.63) is 46.6 Å². The zero-order valence-electron chi connectivity index (χ0n) is 15.4. The number of methoxy groups -OCH3 is 1. The molecule has 1 aromatic carbocycles. The summed E-state index contributed by atoms with van der Waals surface area (Å²) in [5.41, 5.74) is 0.960. The number of nitrogens with one attached hydrogen (secondary N) is 2. The van der Waals surface area contributed by atoms with Crippen LogP contribution in [0.1, 0.15) is 0 Å². The van der Waals surface area contributed by atoms with Gasteiger partial charge < -0.3 is 25.0 Å². The summed E-state index contributed by atoms with van der Waals surface area (Å²) in [6.45, 7) is 0.679. The molecular weight excluding hydrogens is 407 g/mol. The van der Waals surface area contributed by atoms with Gasteiger partial charge in [-0.05, 0) is 24.3 Å². The second-order valence-corrected chi connectivity index (χ2v) is 6.50. The first-order chi connectivity index (χ1) is 13.4. The molecular formula is C18H20Cl2N4O4. The van der Waals surface area contributed by atoms with Gasteiger partial charge in [-0.15, -0.1) is 0 Å². The predicted molar refractivity (Wildman–Crippen MR) is 108 cm³/mol. The van der Waals surface area contributed by atoms with Crippen molar-refractivity contribution in [3.63, 3.8) is 0 Å². The summed E-state index contributed by atoms with van der Waals surface area (Å²) in [5, 5.41) is 6.01. The average molecular weight is 427 g/mol. The maximum atomic E-state index is 12.2. The molecule has 3 amide bonds. The summed E-state index contributed by atoms with van der Waals surface area (Å²) in [7, 11) is 3.08. The highest BCUT2D eigenvalue weighted by Crippen LogP contribution is 2.24. The van der Waals surface area contributed by atoms with Gasteiger partial charge in [-0.2, -0.15) is 0 Å². The zero-order valence-corrected chi connectivity index (χ0v) is 16.9. The van der Waals surface area contributed by atoms with Crippen molar-refractivity contribution in [2.24, 2.45) is 0 Å². The van der Waals surface area contributed by atoms with E-state index in [0.29, 0.717) is 40.5 Å². The number of carbonyl (C=O) groups is 2. The van der Waals surface area contributed by atoms with Crippen LogP contribution in [0, 0.1) is 0 Å². The largest absolute Gasteiger partial charge is 0.475 e. The molecule has 0 aliphatic rings. The summed E-state index contributed by atoms with van der Waals surface area (Å²) in [6.07, 6.45) is 1.46. The molecule has 0 saturated heterocycles. The van der Waals surface area contributed by atoms with E-state index < -0.39 is 6.03 Å². The van der Waals surface area contributed by atoms with Gasteiger partial charge in [-0.25, -0.2) is 9.78 Å². The van der Waals surface area contributed by atoms with Gasteiger partial charge in [0.25, 0.3) is 0 Å². The topological polar surface area (TPSA) is 92.8 Å². The molecule has 2 rings (SSSR count). The van der Waals surface area contributed by atoms with Gasteiger partial charge in [-0.1, -0.05) is 23.2 Å². The van der Waals surface area contributed by atoms with E-state index in [9.17, 15) is 9.59 Å². The third-order valence-corrected chi connectivity index (χ3v) is 4.19. The third kappa shape index (κ3) is 6.88. The quantitative estimate of drug-likeness (QED) is 0.629. The summed E-state index contributed by atoms with van der Waals surface area (Å²) in [4.78, 5) is 29.6. The monoisotopic (exact) mass is 426 g/mol. The lowest BCUT2D eigenvalue weighted by atomic mass is 10.3. The second kappa shape index (κ2) is 10.7.